The van der Waals surface area contributed by atoms with Crippen LogP contribution in [0.25, 0.3) is 0 Å². The Hall–Kier alpha value is -1.49. The highest BCUT2D eigenvalue weighted by atomic mass is 19.1. The van der Waals surface area contributed by atoms with E-state index >= 15 is 0 Å². The highest BCUT2D eigenvalue weighted by Crippen LogP contribution is 2.21. The van der Waals surface area contributed by atoms with Crippen LogP contribution in [0.4, 0.5) is 4.39 Å². The molecule has 0 bridgehead atoms. The summed E-state index contributed by atoms with van der Waals surface area (Å²) in [4.78, 5) is 14.8. The standard InChI is InChI=1S/C10H14FN3O/c1-10(13-2,5-9(12)15)8-4-3-7(11)6-14-8/h3-4,6,13H,5H2,1-2H3,(H2,12,15). The van der Waals surface area contributed by atoms with Gasteiger partial charge >= 0.3 is 0 Å². The molecule has 0 aliphatic heterocycles. The van der Waals surface area contributed by atoms with E-state index in [1.165, 1.54) is 12.1 Å². The lowest BCUT2D eigenvalue weighted by Gasteiger charge is -2.27. The first-order valence-electron chi connectivity index (χ1n) is 4.57. The van der Waals surface area contributed by atoms with Gasteiger partial charge in [0.25, 0.3) is 0 Å². The second-order valence-electron chi connectivity index (χ2n) is 3.59. The van der Waals surface area contributed by atoms with Crippen LogP contribution in [0, 0.1) is 5.82 Å². The predicted molar refractivity (Wildman–Crippen MR) is 54.4 cm³/mol. The Kier molecular flexibility index (Phi) is 3.36. The molecule has 0 radical (unpaired) electrons. The van der Waals surface area contributed by atoms with Gasteiger partial charge in [0.05, 0.1) is 17.4 Å². The van der Waals surface area contributed by atoms with E-state index in [1.54, 1.807) is 14.0 Å². The van der Waals surface area contributed by atoms with Crippen molar-refractivity contribution in [2.75, 3.05) is 7.05 Å². The molecule has 15 heavy (non-hydrogen) atoms. The molecular weight excluding hydrogens is 197 g/mol. The number of pyridine rings is 1. The van der Waals surface area contributed by atoms with Gasteiger partial charge in [0.2, 0.25) is 5.91 Å². The second-order valence-corrected chi connectivity index (χ2v) is 3.59. The molecule has 1 heterocycles. The van der Waals surface area contributed by atoms with Crippen molar-refractivity contribution in [3.8, 4) is 0 Å². The molecule has 1 aromatic rings. The number of nitrogens with two attached hydrogens (primary N) is 1. The van der Waals surface area contributed by atoms with E-state index in [0.29, 0.717) is 5.69 Å². The molecular formula is C10H14FN3O. The number of hydrogen-bond acceptors (Lipinski definition) is 3. The lowest BCUT2D eigenvalue weighted by Crippen LogP contribution is -2.41. The van der Waals surface area contributed by atoms with Gasteiger partial charge in [0.15, 0.2) is 0 Å². The third kappa shape index (κ3) is 2.73. The monoisotopic (exact) mass is 211 g/mol. The van der Waals surface area contributed by atoms with Crippen LogP contribution < -0.4 is 11.1 Å². The number of nitrogens with one attached hydrogen (secondary N) is 1. The number of primary amides is 1. The summed E-state index contributed by atoms with van der Waals surface area (Å²) in [7, 11) is 1.70. The van der Waals surface area contributed by atoms with Gasteiger partial charge in [-0.25, -0.2) is 4.39 Å². The maximum absolute atomic E-state index is 12.7. The van der Waals surface area contributed by atoms with Crippen molar-refractivity contribution >= 4 is 5.91 Å². The summed E-state index contributed by atoms with van der Waals surface area (Å²) >= 11 is 0. The molecule has 4 nitrogen and oxygen atoms in total. The Balaban J connectivity index is 3.00. The van der Waals surface area contributed by atoms with Gasteiger partial charge < -0.3 is 11.1 Å². The van der Waals surface area contributed by atoms with Gasteiger partial charge in [-0.15, -0.1) is 0 Å². The van der Waals surface area contributed by atoms with Crippen LogP contribution in [-0.4, -0.2) is 17.9 Å². The van der Waals surface area contributed by atoms with Gasteiger partial charge in [0, 0.05) is 6.42 Å². The number of rotatable bonds is 4. The molecule has 1 rings (SSSR count). The molecule has 3 N–H and O–H groups in total. The highest BCUT2D eigenvalue weighted by Gasteiger charge is 2.28. The zero-order valence-electron chi connectivity index (χ0n) is 8.75. The minimum Gasteiger partial charge on any atom is -0.370 e. The van der Waals surface area contributed by atoms with Crippen molar-refractivity contribution in [3.05, 3.63) is 29.8 Å². The molecule has 0 spiro atoms. The summed E-state index contributed by atoms with van der Waals surface area (Å²) in [6.07, 6.45) is 1.23. The number of amides is 1. The average molecular weight is 211 g/mol. The molecule has 82 valence electrons. The van der Waals surface area contributed by atoms with Crippen LogP contribution in [-0.2, 0) is 10.3 Å². The van der Waals surface area contributed by atoms with Crippen molar-refractivity contribution in [3.63, 3.8) is 0 Å². The number of aromatic nitrogens is 1. The number of carbonyl (C=O) groups excluding carboxylic acids is 1. The Morgan fingerprint density at radius 2 is 2.33 bits per heavy atom. The minimum atomic E-state index is -0.653. The molecule has 5 heteroatoms. The topological polar surface area (TPSA) is 68.0 Å². The fourth-order valence-corrected chi connectivity index (χ4v) is 1.36. The van der Waals surface area contributed by atoms with Gasteiger partial charge in [-0.1, -0.05) is 0 Å². The third-order valence-electron chi connectivity index (χ3n) is 2.37. The van der Waals surface area contributed by atoms with Crippen molar-refractivity contribution in [1.82, 2.24) is 10.3 Å². The molecule has 0 saturated heterocycles. The van der Waals surface area contributed by atoms with Crippen LogP contribution in [0.5, 0.6) is 0 Å². The van der Waals surface area contributed by atoms with Gasteiger partial charge in [-0.2, -0.15) is 0 Å². The van der Waals surface area contributed by atoms with Crippen LogP contribution in [0.1, 0.15) is 19.0 Å². The molecule has 1 aromatic heterocycles. The summed E-state index contributed by atoms with van der Waals surface area (Å²) < 4.78 is 12.7. The molecule has 1 unspecified atom stereocenters. The van der Waals surface area contributed by atoms with Crippen LogP contribution >= 0.6 is 0 Å². The zero-order valence-corrected chi connectivity index (χ0v) is 8.75. The summed E-state index contributed by atoms with van der Waals surface area (Å²) in [5.41, 5.74) is 5.08. The van der Waals surface area contributed by atoms with E-state index in [1.807, 2.05) is 0 Å². The zero-order chi connectivity index (χ0) is 11.5. The Labute approximate surface area is 87.7 Å². The van der Waals surface area contributed by atoms with Crippen molar-refractivity contribution in [2.24, 2.45) is 5.73 Å². The maximum atomic E-state index is 12.7. The smallest absolute Gasteiger partial charge is 0.219 e. The fraction of sp³-hybridized carbons (Fsp3) is 0.400. The van der Waals surface area contributed by atoms with E-state index in [2.05, 4.69) is 10.3 Å². The molecule has 0 saturated carbocycles. The van der Waals surface area contributed by atoms with Gasteiger partial charge in [0.1, 0.15) is 5.82 Å². The second kappa shape index (κ2) is 4.35. The average Bonchev–Trinajstić information content (AvgIpc) is 2.17. The van der Waals surface area contributed by atoms with E-state index in [9.17, 15) is 9.18 Å². The van der Waals surface area contributed by atoms with E-state index in [0.717, 1.165) is 6.20 Å². The van der Waals surface area contributed by atoms with E-state index in [-0.39, 0.29) is 6.42 Å². The molecule has 1 atom stereocenters. The van der Waals surface area contributed by atoms with Crippen molar-refractivity contribution in [2.45, 2.75) is 18.9 Å². The summed E-state index contributed by atoms with van der Waals surface area (Å²) in [5.74, 6) is -0.839. The molecule has 0 aliphatic carbocycles. The fourth-order valence-electron chi connectivity index (χ4n) is 1.36. The van der Waals surface area contributed by atoms with Gasteiger partial charge in [-0.3, -0.25) is 9.78 Å². The number of carbonyl (C=O) groups is 1. The first kappa shape index (κ1) is 11.6. The van der Waals surface area contributed by atoms with Crippen molar-refractivity contribution in [1.29, 1.82) is 0 Å². The summed E-state index contributed by atoms with van der Waals surface area (Å²) in [6.45, 7) is 1.79. The largest absolute Gasteiger partial charge is 0.370 e. The maximum Gasteiger partial charge on any atom is 0.219 e. The Morgan fingerprint density at radius 3 is 2.73 bits per heavy atom. The first-order chi connectivity index (χ1) is 6.98. The highest BCUT2D eigenvalue weighted by molar-refractivity contribution is 5.75. The SMILES string of the molecule is CNC(C)(CC(N)=O)c1ccc(F)cn1. The predicted octanol–water partition coefficient (Wildman–Crippen LogP) is 0.531. The third-order valence-corrected chi connectivity index (χ3v) is 2.37. The summed E-state index contributed by atoms with van der Waals surface area (Å²) in [5, 5.41) is 2.96. The Bertz CT molecular complexity index is 352. The number of hydrogen-bond donors (Lipinski definition) is 2. The lowest BCUT2D eigenvalue weighted by molar-refractivity contribution is -0.119. The quantitative estimate of drug-likeness (QED) is 0.763. The molecule has 0 aromatic carbocycles. The molecule has 0 aliphatic rings. The normalized spacial score (nSPS) is 14.6. The first-order valence-corrected chi connectivity index (χ1v) is 4.57. The van der Waals surface area contributed by atoms with Gasteiger partial charge in [-0.05, 0) is 26.1 Å². The van der Waals surface area contributed by atoms with E-state index < -0.39 is 17.3 Å². The van der Waals surface area contributed by atoms with Crippen molar-refractivity contribution < 1.29 is 9.18 Å². The Morgan fingerprint density at radius 1 is 1.67 bits per heavy atom. The van der Waals surface area contributed by atoms with Crippen LogP contribution in [0.3, 0.4) is 0 Å². The molecule has 1 amide bonds. The van der Waals surface area contributed by atoms with E-state index in [4.69, 9.17) is 5.73 Å². The minimum absolute atomic E-state index is 0.113. The number of nitrogens with zero attached hydrogens (tertiary/aromatic N) is 1. The van der Waals surface area contributed by atoms with Crippen LogP contribution in [0.15, 0.2) is 18.3 Å². The van der Waals surface area contributed by atoms with Crippen LogP contribution in [0.2, 0.25) is 0 Å². The number of halogens is 1. The lowest BCUT2D eigenvalue weighted by atomic mass is 9.93. The molecule has 0 fully saturated rings. The summed E-state index contributed by atoms with van der Waals surface area (Å²) in [6, 6.07) is 2.84.